The second-order valence-corrected chi connectivity index (χ2v) is 7.58. The van der Waals surface area contributed by atoms with Crippen LogP contribution in [0.1, 0.15) is 59.3 Å². The molecular weight excluding hydrogens is 264 g/mol. The van der Waals surface area contributed by atoms with Gasteiger partial charge in [0.25, 0.3) is 0 Å². The number of carboxylic acid groups (broad SMARTS) is 1. The van der Waals surface area contributed by atoms with E-state index in [2.05, 4.69) is 24.1 Å². The Labute approximate surface area is 129 Å². The number of carboxylic acids is 1. The highest BCUT2D eigenvalue weighted by Gasteiger charge is 2.38. The molecule has 4 nitrogen and oxygen atoms in total. The zero-order valence-electron chi connectivity index (χ0n) is 13.9. The van der Waals surface area contributed by atoms with Crippen molar-refractivity contribution in [3.63, 3.8) is 0 Å². The lowest BCUT2D eigenvalue weighted by Gasteiger charge is -2.34. The van der Waals surface area contributed by atoms with Gasteiger partial charge in [-0.3, -0.25) is 10.1 Å². The van der Waals surface area contributed by atoms with Crippen molar-refractivity contribution in [2.45, 2.75) is 70.9 Å². The lowest BCUT2D eigenvalue weighted by Crippen LogP contribution is -2.51. The molecule has 0 aromatic rings. The topological polar surface area (TPSA) is 52.6 Å². The van der Waals surface area contributed by atoms with Crippen LogP contribution in [0.3, 0.4) is 0 Å². The molecule has 0 aromatic carbocycles. The van der Waals surface area contributed by atoms with E-state index in [-0.39, 0.29) is 0 Å². The third kappa shape index (κ3) is 4.96. The van der Waals surface area contributed by atoms with Crippen molar-refractivity contribution in [2.75, 3.05) is 19.6 Å². The predicted octanol–water partition coefficient (Wildman–Crippen LogP) is 2.73. The van der Waals surface area contributed by atoms with Crippen LogP contribution in [0.15, 0.2) is 0 Å². The van der Waals surface area contributed by atoms with Gasteiger partial charge < -0.3 is 10.0 Å². The van der Waals surface area contributed by atoms with Crippen molar-refractivity contribution in [3.8, 4) is 0 Å². The minimum Gasteiger partial charge on any atom is -0.480 e. The second-order valence-electron chi connectivity index (χ2n) is 7.58. The van der Waals surface area contributed by atoms with Crippen LogP contribution in [0.5, 0.6) is 0 Å². The molecule has 21 heavy (non-hydrogen) atoms. The van der Waals surface area contributed by atoms with E-state index in [1.807, 2.05) is 6.92 Å². The van der Waals surface area contributed by atoms with Gasteiger partial charge in [0.15, 0.2) is 0 Å². The van der Waals surface area contributed by atoms with Crippen LogP contribution < -0.4 is 5.32 Å². The maximum absolute atomic E-state index is 11.5. The molecular formula is C17H32N2O2. The van der Waals surface area contributed by atoms with Crippen molar-refractivity contribution in [3.05, 3.63) is 0 Å². The highest BCUT2D eigenvalue weighted by molar-refractivity contribution is 5.78. The summed E-state index contributed by atoms with van der Waals surface area (Å²) in [4.78, 5) is 14.0. The normalized spacial score (nSPS) is 24.2. The van der Waals surface area contributed by atoms with Crippen LogP contribution in [0.25, 0.3) is 0 Å². The number of hydrogen-bond donors (Lipinski definition) is 2. The number of aliphatic carboxylic acids is 1. The van der Waals surface area contributed by atoms with E-state index >= 15 is 0 Å². The van der Waals surface area contributed by atoms with Gasteiger partial charge in [0.1, 0.15) is 5.54 Å². The van der Waals surface area contributed by atoms with Gasteiger partial charge in [0, 0.05) is 6.04 Å². The molecule has 2 N–H and O–H groups in total. The number of carbonyl (C=O) groups is 1. The van der Waals surface area contributed by atoms with Gasteiger partial charge in [0.2, 0.25) is 0 Å². The summed E-state index contributed by atoms with van der Waals surface area (Å²) < 4.78 is 0. The summed E-state index contributed by atoms with van der Waals surface area (Å²) in [7, 11) is 0. The van der Waals surface area contributed by atoms with E-state index in [0.29, 0.717) is 6.04 Å². The molecule has 1 aliphatic heterocycles. The quantitative estimate of drug-likeness (QED) is 0.723. The first-order valence-corrected chi connectivity index (χ1v) is 8.64. The van der Waals surface area contributed by atoms with Crippen molar-refractivity contribution in [1.82, 2.24) is 10.2 Å². The van der Waals surface area contributed by atoms with Crippen molar-refractivity contribution in [2.24, 2.45) is 11.8 Å². The van der Waals surface area contributed by atoms with Crippen LogP contribution in [-0.4, -0.2) is 47.2 Å². The predicted molar refractivity (Wildman–Crippen MR) is 85.4 cm³/mol. The fraction of sp³-hybridized carbons (Fsp3) is 0.941. The Morgan fingerprint density at radius 3 is 2.38 bits per heavy atom. The lowest BCUT2D eigenvalue weighted by atomic mass is 9.86. The Bertz CT molecular complexity index is 347. The van der Waals surface area contributed by atoms with Gasteiger partial charge in [-0.15, -0.1) is 0 Å². The molecule has 0 aromatic heterocycles. The molecule has 122 valence electrons. The van der Waals surface area contributed by atoms with Crippen molar-refractivity contribution in [1.29, 1.82) is 0 Å². The Kier molecular flexibility index (Phi) is 5.67. The summed E-state index contributed by atoms with van der Waals surface area (Å²) in [6, 6.07) is 0.438. The third-order valence-corrected chi connectivity index (χ3v) is 5.30. The maximum Gasteiger partial charge on any atom is 0.323 e. The van der Waals surface area contributed by atoms with E-state index in [1.54, 1.807) is 0 Å². The minimum absolute atomic E-state index is 0.438. The SMILES string of the molecule is CC(C)C1CCN(CCCC(C)(NC2CC2)C(=O)O)CC1. The number of likely N-dealkylation sites (tertiary alicyclic amines) is 1. The Hall–Kier alpha value is -0.610. The summed E-state index contributed by atoms with van der Waals surface area (Å²) in [6.07, 6.45) is 6.55. The second kappa shape index (κ2) is 7.10. The lowest BCUT2D eigenvalue weighted by molar-refractivity contribution is -0.144. The van der Waals surface area contributed by atoms with Crippen molar-refractivity contribution >= 4 is 5.97 Å². The van der Waals surface area contributed by atoms with Crippen LogP contribution in [0.4, 0.5) is 0 Å². The molecule has 2 fully saturated rings. The molecule has 1 saturated carbocycles. The molecule has 4 heteroatoms. The van der Waals surface area contributed by atoms with Crippen molar-refractivity contribution < 1.29 is 9.90 Å². The monoisotopic (exact) mass is 296 g/mol. The van der Waals surface area contributed by atoms with E-state index in [9.17, 15) is 9.90 Å². The highest BCUT2D eigenvalue weighted by atomic mass is 16.4. The zero-order chi connectivity index (χ0) is 15.5. The molecule has 1 heterocycles. The van der Waals surface area contributed by atoms with Gasteiger partial charge in [0.05, 0.1) is 0 Å². The third-order valence-electron chi connectivity index (χ3n) is 5.30. The highest BCUT2D eigenvalue weighted by Crippen LogP contribution is 2.27. The summed E-state index contributed by atoms with van der Waals surface area (Å²) in [5.41, 5.74) is -0.739. The Balaban J connectivity index is 1.69. The average molecular weight is 296 g/mol. The number of nitrogens with one attached hydrogen (secondary N) is 1. The molecule has 0 amide bonds. The molecule has 0 radical (unpaired) electrons. The van der Waals surface area contributed by atoms with Gasteiger partial charge in [-0.25, -0.2) is 0 Å². The summed E-state index contributed by atoms with van der Waals surface area (Å²) in [6.45, 7) is 9.90. The molecule has 0 spiro atoms. The maximum atomic E-state index is 11.5. The van der Waals surface area contributed by atoms with Crippen LogP contribution in [0, 0.1) is 11.8 Å². The van der Waals surface area contributed by atoms with E-state index in [4.69, 9.17) is 0 Å². The fourth-order valence-electron chi connectivity index (χ4n) is 3.42. The largest absolute Gasteiger partial charge is 0.480 e. The van der Waals surface area contributed by atoms with E-state index < -0.39 is 11.5 Å². The Morgan fingerprint density at radius 2 is 1.90 bits per heavy atom. The standard InChI is InChI=1S/C17H32N2O2/c1-13(2)14-7-11-19(12-8-14)10-4-9-17(3,16(20)21)18-15-5-6-15/h13-15,18H,4-12H2,1-3H3,(H,20,21). The zero-order valence-corrected chi connectivity index (χ0v) is 13.9. The van der Waals surface area contributed by atoms with Crippen LogP contribution >= 0.6 is 0 Å². The smallest absolute Gasteiger partial charge is 0.323 e. The molecule has 2 aliphatic rings. The molecule has 2 rings (SSSR count). The number of piperidine rings is 1. The first-order chi connectivity index (χ1) is 9.90. The molecule has 1 saturated heterocycles. The summed E-state index contributed by atoms with van der Waals surface area (Å²) in [5, 5.41) is 12.8. The van der Waals surface area contributed by atoms with Crippen LogP contribution in [0.2, 0.25) is 0 Å². The molecule has 1 unspecified atom stereocenters. The van der Waals surface area contributed by atoms with Gasteiger partial charge in [-0.05, 0) is 76.9 Å². The summed E-state index contributed by atoms with van der Waals surface area (Å²) >= 11 is 0. The first kappa shape index (κ1) is 16.8. The molecule has 1 aliphatic carbocycles. The average Bonchev–Trinajstić information content (AvgIpc) is 3.23. The minimum atomic E-state index is -0.739. The van der Waals surface area contributed by atoms with Crippen LogP contribution in [-0.2, 0) is 4.79 Å². The van der Waals surface area contributed by atoms with Gasteiger partial charge in [-0.2, -0.15) is 0 Å². The number of nitrogens with zero attached hydrogens (tertiary/aromatic N) is 1. The Morgan fingerprint density at radius 1 is 1.29 bits per heavy atom. The van der Waals surface area contributed by atoms with Gasteiger partial charge in [-0.1, -0.05) is 13.8 Å². The van der Waals surface area contributed by atoms with E-state index in [0.717, 1.165) is 44.1 Å². The van der Waals surface area contributed by atoms with Gasteiger partial charge >= 0.3 is 5.97 Å². The number of hydrogen-bond acceptors (Lipinski definition) is 3. The number of rotatable bonds is 8. The molecule has 0 bridgehead atoms. The fourth-order valence-corrected chi connectivity index (χ4v) is 3.42. The molecule has 1 atom stereocenters. The first-order valence-electron chi connectivity index (χ1n) is 8.64. The van der Waals surface area contributed by atoms with E-state index in [1.165, 1.54) is 25.9 Å². The summed E-state index contributed by atoms with van der Waals surface area (Å²) in [5.74, 6) is 0.972.